The number of hydrazone groups is 1. The van der Waals surface area contributed by atoms with Gasteiger partial charge in [-0.2, -0.15) is 5.10 Å². The second kappa shape index (κ2) is 8.85. The van der Waals surface area contributed by atoms with Crippen molar-refractivity contribution in [3.8, 4) is 5.75 Å². The third-order valence-electron chi connectivity index (χ3n) is 2.93. The summed E-state index contributed by atoms with van der Waals surface area (Å²) in [5.41, 5.74) is 4.45. The number of nitrogens with one attached hydrogen (secondary N) is 2. The van der Waals surface area contributed by atoms with Crippen LogP contribution in [0, 0.1) is 5.82 Å². The van der Waals surface area contributed by atoms with E-state index in [9.17, 15) is 4.39 Å². The Hall–Kier alpha value is -2.47. The fraction of sp³-hybridized carbons (Fsp3) is 0.176. The second-order valence-electron chi connectivity index (χ2n) is 4.68. The highest BCUT2D eigenvalue weighted by atomic mass is 32.1. The molecule has 23 heavy (non-hydrogen) atoms. The normalized spacial score (nSPS) is 10.5. The summed E-state index contributed by atoms with van der Waals surface area (Å²) in [4.78, 5) is 0. The van der Waals surface area contributed by atoms with Crippen LogP contribution in [-0.2, 0) is 6.61 Å². The molecule has 0 aliphatic heterocycles. The predicted octanol–water partition coefficient (Wildman–Crippen LogP) is 3.22. The summed E-state index contributed by atoms with van der Waals surface area (Å²) in [7, 11) is 0. The van der Waals surface area contributed by atoms with E-state index >= 15 is 0 Å². The SMILES string of the molecule is CCNC(=S)NN=Cc1ccccc1OCc1ccc(F)cc1. The minimum absolute atomic E-state index is 0.260. The highest BCUT2D eigenvalue weighted by Gasteiger charge is 2.02. The molecule has 0 unspecified atom stereocenters. The molecule has 2 N–H and O–H groups in total. The van der Waals surface area contributed by atoms with E-state index in [0.29, 0.717) is 17.5 Å². The van der Waals surface area contributed by atoms with E-state index in [1.165, 1.54) is 12.1 Å². The van der Waals surface area contributed by atoms with Gasteiger partial charge in [-0.3, -0.25) is 5.43 Å². The van der Waals surface area contributed by atoms with Gasteiger partial charge >= 0.3 is 0 Å². The van der Waals surface area contributed by atoms with Crippen molar-refractivity contribution >= 4 is 23.5 Å². The van der Waals surface area contributed by atoms with Gasteiger partial charge in [-0.05, 0) is 49.0 Å². The first kappa shape index (κ1) is 16.9. The van der Waals surface area contributed by atoms with E-state index in [-0.39, 0.29) is 5.82 Å². The molecule has 0 spiro atoms. The van der Waals surface area contributed by atoms with Crippen molar-refractivity contribution in [1.82, 2.24) is 10.7 Å². The van der Waals surface area contributed by atoms with Crippen LogP contribution < -0.4 is 15.5 Å². The molecule has 2 aromatic rings. The molecule has 0 aliphatic carbocycles. The average Bonchev–Trinajstić information content (AvgIpc) is 2.56. The smallest absolute Gasteiger partial charge is 0.186 e. The molecule has 0 atom stereocenters. The van der Waals surface area contributed by atoms with Crippen LogP contribution in [0.1, 0.15) is 18.1 Å². The van der Waals surface area contributed by atoms with Crippen molar-refractivity contribution in [2.45, 2.75) is 13.5 Å². The molecule has 0 saturated carbocycles. The standard InChI is InChI=1S/C17H18FN3OS/c1-2-19-17(23)21-20-11-14-5-3-4-6-16(14)22-12-13-7-9-15(18)10-8-13/h3-11H,2,12H2,1H3,(H2,19,21,23). The number of para-hydroxylation sites is 1. The van der Waals surface area contributed by atoms with Gasteiger partial charge in [0.1, 0.15) is 18.2 Å². The third kappa shape index (κ3) is 5.67. The van der Waals surface area contributed by atoms with Gasteiger partial charge in [-0.15, -0.1) is 0 Å². The molecule has 2 aromatic carbocycles. The van der Waals surface area contributed by atoms with E-state index in [1.807, 2.05) is 31.2 Å². The number of hydrogen-bond donors (Lipinski definition) is 2. The van der Waals surface area contributed by atoms with Crippen LogP contribution >= 0.6 is 12.2 Å². The molecule has 4 nitrogen and oxygen atoms in total. The van der Waals surface area contributed by atoms with E-state index in [1.54, 1.807) is 18.3 Å². The molecule has 2 rings (SSSR count). The van der Waals surface area contributed by atoms with Gasteiger partial charge in [-0.1, -0.05) is 24.3 Å². The van der Waals surface area contributed by atoms with Gasteiger partial charge in [0, 0.05) is 12.1 Å². The summed E-state index contributed by atoms with van der Waals surface area (Å²) in [5, 5.41) is 7.49. The van der Waals surface area contributed by atoms with Crippen LogP contribution in [0.25, 0.3) is 0 Å². The summed E-state index contributed by atoms with van der Waals surface area (Å²) in [6.45, 7) is 3.05. The highest BCUT2D eigenvalue weighted by Crippen LogP contribution is 2.17. The third-order valence-corrected chi connectivity index (χ3v) is 3.17. The van der Waals surface area contributed by atoms with Gasteiger partial charge < -0.3 is 10.1 Å². The van der Waals surface area contributed by atoms with Crippen LogP contribution in [0.5, 0.6) is 5.75 Å². The minimum Gasteiger partial charge on any atom is -0.488 e. The van der Waals surface area contributed by atoms with Crippen LogP contribution in [0.15, 0.2) is 53.6 Å². The van der Waals surface area contributed by atoms with Gasteiger partial charge in [0.25, 0.3) is 0 Å². The fourth-order valence-electron chi connectivity index (χ4n) is 1.82. The summed E-state index contributed by atoms with van der Waals surface area (Å²) in [5.74, 6) is 0.431. The molecule has 0 fully saturated rings. The zero-order chi connectivity index (χ0) is 16.5. The number of benzene rings is 2. The maximum atomic E-state index is 12.9. The fourth-order valence-corrected chi connectivity index (χ4v) is 2.02. The molecule has 0 amide bonds. The zero-order valence-electron chi connectivity index (χ0n) is 12.8. The lowest BCUT2D eigenvalue weighted by atomic mass is 10.2. The van der Waals surface area contributed by atoms with Gasteiger partial charge in [0.15, 0.2) is 5.11 Å². The van der Waals surface area contributed by atoms with Crippen LogP contribution in [-0.4, -0.2) is 17.9 Å². The van der Waals surface area contributed by atoms with Gasteiger partial charge in [0.05, 0.1) is 6.21 Å². The van der Waals surface area contributed by atoms with Gasteiger partial charge in [0.2, 0.25) is 0 Å². The number of hydrogen-bond acceptors (Lipinski definition) is 3. The summed E-state index contributed by atoms with van der Waals surface area (Å²) in [6.07, 6.45) is 1.64. The Balaban J connectivity index is 1.98. The largest absolute Gasteiger partial charge is 0.488 e. The van der Waals surface area contributed by atoms with E-state index in [2.05, 4.69) is 15.8 Å². The minimum atomic E-state index is -0.260. The highest BCUT2D eigenvalue weighted by molar-refractivity contribution is 7.80. The monoisotopic (exact) mass is 331 g/mol. The lowest BCUT2D eigenvalue weighted by Crippen LogP contribution is -2.31. The lowest BCUT2D eigenvalue weighted by Gasteiger charge is -2.09. The Kier molecular flexibility index (Phi) is 6.50. The van der Waals surface area contributed by atoms with E-state index < -0.39 is 0 Å². The maximum Gasteiger partial charge on any atom is 0.186 e. The number of ether oxygens (including phenoxy) is 1. The first-order valence-corrected chi connectivity index (χ1v) is 7.63. The quantitative estimate of drug-likeness (QED) is 0.485. The van der Waals surface area contributed by atoms with E-state index in [0.717, 1.165) is 17.7 Å². The number of thiocarbonyl (C=S) groups is 1. The predicted molar refractivity (Wildman–Crippen MR) is 94.2 cm³/mol. The number of halogens is 1. The molecular weight excluding hydrogens is 313 g/mol. The zero-order valence-corrected chi connectivity index (χ0v) is 13.6. The number of rotatable bonds is 6. The lowest BCUT2D eigenvalue weighted by molar-refractivity contribution is 0.305. The van der Waals surface area contributed by atoms with E-state index in [4.69, 9.17) is 17.0 Å². The Morgan fingerprint density at radius 2 is 1.96 bits per heavy atom. The maximum absolute atomic E-state index is 12.9. The van der Waals surface area contributed by atoms with Crippen molar-refractivity contribution < 1.29 is 9.13 Å². The van der Waals surface area contributed by atoms with Crippen molar-refractivity contribution in [1.29, 1.82) is 0 Å². The number of nitrogens with zero attached hydrogens (tertiary/aromatic N) is 1. The van der Waals surface area contributed by atoms with Crippen molar-refractivity contribution in [2.75, 3.05) is 6.54 Å². The molecular formula is C17H18FN3OS. The molecule has 0 heterocycles. The first-order chi connectivity index (χ1) is 11.2. The Bertz CT molecular complexity index is 674. The Morgan fingerprint density at radius 3 is 2.70 bits per heavy atom. The topological polar surface area (TPSA) is 45.7 Å². The molecule has 0 saturated heterocycles. The van der Waals surface area contributed by atoms with Crippen LogP contribution in [0.3, 0.4) is 0 Å². The molecule has 0 aliphatic rings. The molecule has 0 radical (unpaired) electrons. The first-order valence-electron chi connectivity index (χ1n) is 7.22. The summed E-state index contributed by atoms with van der Waals surface area (Å²) in [6, 6.07) is 13.7. The summed E-state index contributed by atoms with van der Waals surface area (Å²) >= 11 is 5.03. The van der Waals surface area contributed by atoms with Crippen LogP contribution in [0.4, 0.5) is 4.39 Å². The van der Waals surface area contributed by atoms with Crippen molar-refractivity contribution in [3.63, 3.8) is 0 Å². The Morgan fingerprint density at radius 1 is 1.22 bits per heavy atom. The second-order valence-corrected chi connectivity index (χ2v) is 5.09. The average molecular weight is 331 g/mol. The van der Waals surface area contributed by atoms with Gasteiger partial charge in [-0.25, -0.2) is 4.39 Å². The molecule has 6 heteroatoms. The van der Waals surface area contributed by atoms with Crippen molar-refractivity contribution in [3.05, 3.63) is 65.5 Å². The molecule has 120 valence electrons. The molecule has 0 bridgehead atoms. The molecule has 0 aromatic heterocycles. The van der Waals surface area contributed by atoms with Crippen LogP contribution in [0.2, 0.25) is 0 Å². The van der Waals surface area contributed by atoms with Crippen molar-refractivity contribution in [2.24, 2.45) is 5.10 Å². The summed E-state index contributed by atoms with van der Waals surface area (Å²) < 4.78 is 18.7. The Labute approximate surface area is 140 Å².